The second-order valence-corrected chi connectivity index (χ2v) is 11.2. The smallest absolute Gasteiger partial charge is 0.295 e. The average molecular weight is 544 g/mol. The van der Waals surface area contributed by atoms with Crippen LogP contribution in [0.2, 0.25) is 0 Å². The average Bonchev–Trinajstić information content (AvgIpc) is 3.16. The van der Waals surface area contributed by atoms with Gasteiger partial charge in [-0.05, 0) is 72.4 Å². The van der Waals surface area contributed by atoms with Gasteiger partial charge in [-0.15, -0.1) is 0 Å². The van der Waals surface area contributed by atoms with Crippen LogP contribution in [0.4, 0.5) is 0 Å². The van der Waals surface area contributed by atoms with Gasteiger partial charge < -0.3 is 24.2 Å². The van der Waals surface area contributed by atoms with Crippen LogP contribution < -0.4 is 14.2 Å². The molecule has 1 unspecified atom stereocenters. The summed E-state index contributed by atoms with van der Waals surface area (Å²) < 4.78 is 16.8. The molecule has 0 bridgehead atoms. The Kier molecular flexibility index (Phi) is 8.24. The zero-order valence-corrected chi connectivity index (χ0v) is 24.1. The van der Waals surface area contributed by atoms with Gasteiger partial charge in [0, 0.05) is 6.54 Å². The lowest BCUT2D eigenvalue weighted by atomic mass is 9.85. The van der Waals surface area contributed by atoms with Crippen LogP contribution >= 0.6 is 0 Å². The van der Waals surface area contributed by atoms with Gasteiger partial charge in [0.05, 0.1) is 37.5 Å². The Morgan fingerprint density at radius 1 is 0.925 bits per heavy atom. The summed E-state index contributed by atoms with van der Waals surface area (Å²) >= 11 is 0. The van der Waals surface area contributed by atoms with Gasteiger partial charge in [0.1, 0.15) is 23.0 Å². The standard InChI is InChI=1S/C33H37NO6/c1-20(2)40-25-13-8-10-21(16-25)19-34-29(22-11-9-12-24(17-22)38-6)28(31(36)32(34)37)30(35)26-18-23(33(3,4)5)14-15-27(26)39-7/h8-18,20,29,35H,19H2,1-7H3/b30-28+. The minimum absolute atomic E-state index is 0.00260. The third-order valence-corrected chi connectivity index (χ3v) is 6.89. The van der Waals surface area contributed by atoms with Crippen molar-refractivity contribution in [1.29, 1.82) is 0 Å². The third kappa shape index (κ3) is 5.83. The zero-order chi connectivity index (χ0) is 29.2. The first-order valence-corrected chi connectivity index (χ1v) is 13.3. The topological polar surface area (TPSA) is 85.3 Å². The van der Waals surface area contributed by atoms with E-state index < -0.39 is 17.7 Å². The number of Topliss-reactive ketones (excluding diaryl/α,β-unsaturated/α-hetero) is 1. The summed E-state index contributed by atoms with van der Waals surface area (Å²) in [5.41, 5.74) is 2.51. The van der Waals surface area contributed by atoms with Gasteiger partial charge in [-0.1, -0.05) is 51.1 Å². The fourth-order valence-electron chi connectivity index (χ4n) is 4.89. The molecule has 1 aliphatic heterocycles. The van der Waals surface area contributed by atoms with Gasteiger partial charge in [0.2, 0.25) is 0 Å². The second-order valence-electron chi connectivity index (χ2n) is 11.2. The largest absolute Gasteiger partial charge is 0.507 e. The van der Waals surface area contributed by atoms with Crippen LogP contribution in [0, 0.1) is 0 Å². The van der Waals surface area contributed by atoms with Crippen molar-refractivity contribution in [2.24, 2.45) is 0 Å². The van der Waals surface area contributed by atoms with Gasteiger partial charge in [0.15, 0.2) is 0 Å². The Labute approximate surface area is 236 Å². The van der Waals surface area contributed by atoms with Crippen molar-refractivity contribution in [3.05, 3.63) is 94.6 Å². The number of ketones is 1. The maximum Gasteiger partial charge on any atom is 0.295 e. The third-order valence-electron chi connectivity index (χ3n) is 6.89. The molecular weight excluding hydrogens is 506 g/mol. The monoisotopic (exact) mass is 543 g/mol. The van der Waals surface area contributed by atoms with Crippen LogP contribution in [0.15, 0.2) is 72.3 Å². The molecule has 1 heterocycles. The summed E-state index contributed by atoms with van der Waals surface area (Å²) in [4.78, 5) is 28.7. The first kappa shape index (κ1) is 28.7. The number of rotatable bonds is 8. The van der Waals surface area contributed by atoms with Crippen LogP contribution in [-0.4, -0.2) is 42.0 Å². The molecular formula is C33H37NO6. The number of hydrogen-bond acceptors (Lipinski definition) is 6. The lowest BCUT2D eigenvalue weighted by Crippen LogP contribution is -2.29. The van der Waals surface area contributed by atoms with Crippen molar-refractivity contribution in [3.63, 3.8) is 0 Å². The number of carbonyl (C=O) groups is 2. The second kappa shape index (κ2) is 11.5. The highest BCUT2D eigenvalue weighted by Crippen LogP contribution is 2.43. The van der Waals surface area contributed by atoms with Crippen LogP contribution in [0.5, 0.6) is 17.2 Å². The van der Waals surface area contributed by atoms with E-state index in [0.717, 1.165) is 11.1 Å². The number of amides is 1. The van der Waals surface area contributed by atoms with Gasteiger partial charge in [-0.2, -0.15) is 0 Å². The molecule has 210 valence electrons. The van der Waals surface area contributed by atoms with E-state index >= 15 is 0 Å². The molecule has 1 atom stereocenters. The van der Waals surface area contributed by atoms with E-state index in [9.17, 15) is 14.7 Å². The summed E-state index contributed by atoms with van der Waals surface area (Å²) in [5.74, 6) is -0.0970. The Morgan fingerprint density at radius 3 is 2.27 bits per heavy atom. The normalized spacial score (nSPS) is 16.9. The molecule has 0 radical (unpaired) electrons. The van der Waals surface area contributed by atoms with Crippen molar-refractivity contribution in [2.45, 2.75) is 58.7 Å². The van der Waals surface area contributed by atoms with Crippen molar-refractivity contribution in [2.75, 3.05) is 14.2 Å². The number of carbonyl (C=O) groups excluding carboxylic acids is 2. The maximum atomic E-state index is 13.6. The van der Waals surface area contributed by atoms with E-state index in [2.05, 4.69) is 20.8 Å². The highest BCUT2D eigenvalue weighted by atomic mass is 16.5. The molecule has 4 rings (SSSR count). The molecule has 0 aliphatic carbocycles. The fourth-order valence-corrected chi connectivity index (χ4v) is 4.89. The molecule has 1 amide bonds. The van der Waals surface area contributed by atoms with Gasteiger partial charge in [-0.3, -0.25) is 9.59 Å². The summed E-state index contributed by atoms with van der Waals surface area (Å²) in [7, 11) is 3.06. The van der Waals surface area contributed by atoms with E-state index in [1.807, 2.05) is 56.3 Å². The highest BCUT2D eigenvalue weighted by Gasteiger charge is 2.46. The number of methoxy groups -OCH3 is 2. The molecule has 1 aliphatic rings. The first-order valence-electron chi connectivity index (χ1n) is 13.3. The summed E-state index contributed by atoms with van der Waals surface area (Å²) in [6.07, 6.45) is -0.0138. The molecule has 1 fully saturated rings. The minimum atomic E-state index is -0.854. The van der Waals surface area contributed by atoms with Crippen molar-refractivity contribution in [1.82, 2.24) is 4.90 Å². The number of nitrogens with zero attached hydrogens (tertiary/aromatic N) is 1. The quantitative estimate of drug-likeness (QED) is 0.201. The molecule has 40 heavy (non-hydrogen) atoms. The first-order chi connectivity index (χ1) is 18.9. The summed E-state index contributed by atoms with van der Waals surface area (Å²) in [5, 5.41) is 11.7. The lowest BCUT2D eigenvalue weighted by molar-refractivity contribution is -0.140. The predicted octanol–water partition coefficient (Wildman–Crippen LogP) is 6.41. The predicted molar refractivity (Wildman–Crippen MR) is 155 cm³/mol. The Bertz CT molecular complexity index is 1450. The number of benzene rings is 3. The number of hydrogen-bond donors (Lipinski definition) is 1. The fraction of sp³-hybridized carbons (Fsp3) is 0.333. The van der Waals surface area contributed by atoms with Crippen LogP contribution in [0.25, 0.3) is 5.76 Å². The Hall–Kier alpha value is -4.26. The molecule has 0 saturated carbocycles. The summed E-state index contributed by atoms with van der Waals surface area (Å²) in [6, 6.07) is 19.3. The van der Waals surface area contributed by atoms with E-state index in [-0.39, 0.29) is 29.4 Å². The zero-order valence-electron chi connectivity index (χ0n) is 24.1. The number of likely N-dealkylation sites (tertiary alicyclic amines) is 1. The highest BCUT2D eigenvalue weighted by molar-refractivity contribution is 6.46. The number of ether oxygens (including phenoxy) is 3. The van der Waals surface area contributed by atoms with Crippen molar-refractivity contribution >= 4 is 17.4 Å². The molecule has 1 N–H and O–H groups in total. The SMILES string of the molecule is COc1cccc(C2/C(=C(\O)c3cc(C(C)(C)C)ccc3OC)C(=O)C(=O)N2Cc2cccc(OC(C)C)c2)c1. The van der Waals surface area contributed by atoms with Gasteiger partial charge in [0.25, 0.3) is 11.7 Å². The molecule has 3 aromatic rings. The number of aliphatic hydroxyl groups is 1. The van der Waals surface area contributed by atoms with Gasteiger partial charge in [-0.25, -0.2) is 0 Å². The molecule has 0 aromatic heterocycles. The van der Waals surface area contributed by atoms with Crippen molar-refractivity contribution < 1.29 is 28.9 Å². The van der Waals surface area contributed by atoms with E-state index in [1.54, 1.807) is 31.4 Å². The van der Waals surface area contributed by atoms with E-state index in [4.69, 9.17) is 14.2 Å². The number of aliphatic hydroxyl groups excluding tert-OH is 1. The summed E-state index contributed by atoms with van der Waals surface area (Å²) in [6.45, 7) is 10.2. The Balaban J connectivity index is 1.90. The maximum absolute atomic E-state index is 13.6. The van der Waals surface area contributed by atoms with E-state index in [0.29, 0.717) is 28.4 Å². The molecule has 1 saturated heterocycles. The lowest BCUT2D eigenvalue weighted by Gasteiger charge is -2.26. The van der Waals surface area contributed by atoms with Crippen molar-refractivity contribution in [3.8, 4) is 17.2 Å². The molecule has 3 aromatic carbocycles. The minimum Gasteiger partial charge on any atom is -0.507 e. The van der Waals surface area contributed by atoms with Crippen LogP contribution in [0.1, 0.15) is 62.9 Å². The molecule has 7 nitrogen and oxygen atoms in total. The molecule has 7 heteroatoms. The van der Waals surface area contributed by atoms with Gasteiger partial charge >= 0.3 is 0 Å². The van der Waals surface area contributed by atoms with Crippen LogP contribution in [-0.2, 0) is 21.5 Å². The Morgan fingerprint density at radius 2 is 1.62 bits per heavy atom. The van der Waals surface area contributed by atoms with E-state index in [1.165, 1.54) is 12.0 Å². The molecule has 0 spiro atoms. The van der Waals surface area contributed by atoms with Crippen LogP contribution in [0.3, 0.4) is 0 Å².